The van der Waals surface area contributed by atoms with Crippen LogP contribution in [0.5, 0.6) is 0 Å². The number of hydrogen-bond acceptors (Lipinski definition) is 5. The lowest BCUT2D eigenvalue weighted by molar-refractivity contribution is -0.121. The van der Waals surface area contributed by atoms with Crippen molar-refractivity contribution in [1.82, 2.24) is 10.2 Å². The Morgan fingerprint density at radius 3 is 2.65 bits per heavy atom. The summed E-state index contributed by atoms with van der Waals surface area (Å²) in [5, 5.41) is 7.30. The topological polar surface area (TPSA) is 41.6 Å². The lowest BCUT2D eigenvalue weighted by atomic mass is 10.1. The standard InChI is InChI=1S/C17H22N2O2S2/c1-13(18-16(20)12-14-4-2-10-22-14)17(15-5-3-11-23-15)19-6-8-21-9-7-19/h2-5,10-11,13,17H,6-9,12H2,1H3,(H,18,20)/t13-,17-/m1/s1. The van der Waals surface area contributed by atoms with Crippen LogP contribution in [-0.4, -0.2) is 43.2 Å². The highest BCUT2D eigenvalue weighted by molar-refractivity contribution is 7.10. The van der Waals surface area contributed by atoms with E-state index in [0.717, 1.165) is 31.2 Å². The van der Waals surface area contributed by atoms with Crippen LogP contribution in [0.4, 0.5) is 0 Å². The average Bonchev–Trinajstić information content (AvgIpc) is 3.22. The molecule has 1 aliphatic heterocycles. The predicted molar refractivity (Wildman–Crippen MR) is 95.1 cm³/mol. The zero-order valence-corrected chi connectivity index (χ0v) is 14.9. The predicted octanol–water partition coefficient (Wildman–Crippen LogP) is 2.93. The Morgan fingerprint density at radius 1 is 1.26 bits per heavy atom. The maximum absolute atomic E-state index is 12.3. The zero-order valence-electron chi connectivity index (χ0n) is 13.2. The van der Waals surface area contributed by atoms with E-state index in [-0.39, 0.29) is 18.0 Å². The largest absolute Gasteiger partial charge is 0.379 e. The molecule has 1 amide bonds. The van der Waals surface area contributed by atoms with Gasteiger partial charge in [0.15, 0.2) is 0 Å². The van der Waals surface area contributed by atoms with E-state index in [1.807, 2.05) is 17.5 Å². The van der Waals surface area contributed by atoms with Crippen LogP contribution in [0.15, 0.2) is 35.0 Å². The van der Waals surface area contributed by atoms with Gasteiger partial charge in [-0.2, -0.15) is 0 Å². The molecule has 2 aromatic rings. The fraction of sp³-hybridized carbons (Fsp3) is 0.471. The molecule has 2 atom stereocenters. The maximum Gasteiger partial charge on any atom is 0.225 e. The Bertz CT molecular complexity index is 592. The number of thiophene rings is 2. The number of hydrogen-bond donors (Lipinski definition) is 1. The quantitative estimate of drug-likeness (QED) is 0.871. The van der Waals surface area contributed by atoms with Crippen LogP contribution in [0.1, 0.15) is 22.7 Å². The first kappa shape index (κ1) is 16.6. The van der Waals surface area contributed by atoms with Gasteiger partial charge in [-0.05, 0) is 29.8 Å². The van der Waals surface area contributed by atoms with Crippen molar-refractivity contribution in [3.05, 3.63) is 44.8 Å². The third kappa shape index (κ3) is 4.41. The summed E-state index contributed by atoms with van der Waals surface area (Å²) in [7, 11) is 0. The number of amides is 1. The summed E-state index contributed by atoms with van der Waals surface area (Å²) in [6.07, 6.45) is 0.461. The summed E-state index contributed by atoms with van der Waals surface area (Å²) in [5.41, 5.74) is 0. The number of carbonyl (C=O) groups is 1. The summed E-state index contributed by atoms with van der Waals surface area (Å²) in [5.74, 6) is 0.0924. The third-order valence-electron chi connectivity index (χ3n) is 4.05. The van der Waals surface area contributed by atoms with E-state index in [2.05, 4.69) is 34.7 Å². The second kappa shape index (κ2) is 8.06. The molecule has 0 aliphatic carbocycles. The minimum absolute atomic E-state index is 0.0687. The Hall–Kier alpha value is -1.21. The number of nitrogens with zero attached hydrogens (tertiary/aromatic N) is 1. The van der Waals surface area contributed by atoms with Crippen LogP contribution in [0.25, 0.3) is 0 Å². The van der Waals surface area contributed by atoms with Gasteiger partial charge in [0, 0.05) is 28.9 Å². The zero-order chi connectivity index (χ0) is 16.1. The number of rotatable bonds is 6. The summed E-state index contributed by atoms with van der Waals surface area (Å²) in [4.78, 5) is 17.2. The van der Waals surface area contributed by atoms with Crippen molar-refractivity contribution in [2.45, 2.75) is 25.4 Å². The summed E-state index contributed by atoms with van der Waals surface area (Å²) in [6.45, 7) is 5.45. The Morgan fingerprint density at radius 2 is 2.00 bits per heavy atom. The lowest BCUT2D eigenvalue weighted by Gasteiger charge is -2.37. The van der Waals surface area contributed by atoms with E-state index >= 15 is 0 Å². The van der Waals surface area contributed by atoms with Crippen LogP contribution < -0.4 is 5.32 Å². The molecular weight excluding hydrogens is 328 g/mol. The van der Waals surface area contributed by atoms with Crippen LogP contribution in [0.2, 0.25) is 0 Å². The Labute approximate surface area is 145 Å². The van der Waals surface area contributed by atoms with Crippen molar-refractivity contribution in [2.75, 3.05) is 26.3 Å². The molecule has 3 rings (SSSR count). The molecule has 1 N–H and O–H groups in total. The van der Waals surface area contributed by atoms with Crippen molar-refractivity contribution < 1.29 is 9.53 Å². The number of nitrogens with one attached hydrogen (secondary N) is 1. The van der Waals surface area contributed by atoms with Gasteiger partial charge in [-0.1, -0.05) is 12.1 Å². The lowest BCUT2D eigenvalue weighted by Crippen LogP contribution is -2.48. The highest BCUT2D eigenvalue weighted by Crippen LogP contribution is 2.29. The van der Waals surface area contributed by atoms with Crippen molar-refractivity contribution in [1.29, 1.82) is 0 Å². The van der Waals surface area contributed by atoms with E-state index in [0.29, 0.717) is 6.42 Å². The van der Waals surface area contributed by atoms with Crippen molar-refractivity contribution in [3.63, 3.8) is 0 Å². The number of ether oxygens (including phenoxy) is 1. The molecule has 0 saturated carbocycles. The van der Waals surface area contributed by atoms with Crippen molar-refractivity contribution in [2.24, 2.45) is 0 Å². The summed E-state index contributed by atoms with van der Waals surface area (Å²) >= 11 is 3.38. The third-order valence-corrected chi connectivity index (χ3v) is 5.87. The minimum atomic E-state index is 0.0687. The van der Waals surface area contributed by atoms with Gasteiger partial charge in [0.2, 0.25) is 5.91 Å². The van der Waals surface area contributed by atoms with Crippen LogP contribution in [0.3, 0.4) is 0 Å². The molecule has 124 valence electrons. The average molecular weight is 351 g/mol. The molecule has 0 bridgehead atoms. The van der Waals surface area contributed by atoms with E-state index in [4.69, 9.17) is 4.74 Å². The first-order valence-electron chi connectivity index (χ1n) is 7.91. The molecule has 0 spiro atoms. The molecular formula is C17H22N2O2S2. The fourth-order valence-electron chi connectivity index (χ4n) is 3.01. The Kier molecular flexibility index (Phi) is 5.83. The fourth-order valence-corrected chi connectivity index (χ4v) is 4.68. The summed E-state index contributed by atoms with van der Waals surface area (Å²) in [6, 6.07) is 8.51. The minimum Gasteiger partial charge on any atom is -0.379 e. The molecule has 6 heteroatoms. The van der Waals surface area contributed by atoms with Crippen LogP contribution >= 0.6 is 22.7 Å². The smallest absolute Gasteiger partial charge is 0.225 e. The molecule has 1 fully saturated rings. The van der Waals surface area contributed by atoms with Gasteiger partial charge >= 0.3 is 0 Å². The maximum atomic E-state index is 12.3. The molecule has 0 aromatic carbocycles. The molecule has 3 heterocycles. The second-order valence-corrected chi connectivity index (χ2v) is 7.73. The molecule has 0 radical (unpaired) electrons. The second-order valence-electron chi connectivity index (χ2n) is 5.72. The van der Waals surface area contributed by atoms with Gasteiger partial charge in [0.05, 0.1) is 25.7 Å². The van der Waals surface area contributed by atoms with Gasteiger partial charge < -0.3 is 10.1 Å². The normalized spacial score (nSPS) is 18.5. The van der Waals surface area contributed by atoms with Gasteiger partial charge in [0.25, 0.3) is 0 Å². The van der Waals surface area contributed by atoms with Crippen molar-refractivity contribution >= 4 is 28.6 Å². The van der Waals surface area contributed by atoms with Crippen LogP contribution in [0, 0.1) is 0 Å². The van der Waals surface area contributed by atoms with Gasteiger partial charge in [-0.15, -0.1) is 22.7 Å². The monoisotopic (exact) mass is 350 g/mol. The molecule has 2 aromatic heterocycles. The molecule has 1 saturated heterocycles. The van der Waals surface area contributed by atoms with E-state index in [1.165, 1.54) is 4.88 Å². The van der Waals surface area contributed by atoms with E-state index in [9.17, 15) is 4.79 Å². The van der Waals surface area contributed by atoms with Gasteiger partial charge in [-0.25, -0.2) is 0 Å². The van der Waals surface area contributed by atoms with Crippen LogP contribution in [-0.2, 0) is 16.0 Å². The molecule has 0 unspecified atom stereocenters. The first-order chi connectivity index (χ1) is 11.2. The van der Waals surface area contributed by atoms with Crippen molar-refractivity contribution in [3.8, 4) is 0 Å². The number of morpholine rings is 1. The van der Waals surface area contributed by atoms with E-state index in [1.54, 1.807) is 22.7 Å². The SMILES string of the molecule is C[C@@H](NC(=O)Cc1cccs1)[C@H](c1cccs1)N1CCOCC1. The molecule has 1 aliphatic rings. The molecule has 4 nitrogen and oxygen atoms in total. The van der Waals surface area contributed by atoms with Gasteiger partial charge in [0.1, 0.15) is 0 Å². The first-order valence-corrected chi connectivity index (χ1v) is 9.67. The molecule has 23 heavy (non-hydrogen) atoms. The highest BCUT2D eigenvalue weighted by atomic mass is 32.1. The highest BCUT2D eigenvalue weighted by Gasteiger charge is 2.29. The van der Waals surface area contributed by atoms with Gasteiger partial charge in [-0.3, -0.25) is 9.69 Å². The Balaban J connectivity index is 1.67. The van der Waals surface area contributed by atoms with E-state index < -0.39 is 0 Å². The number of carbonyl (C=O) groups excluding carboxylic acids is 1. The summed E-state index contributed by atoms with van der Waals surface area (Å²) < 4.78 is 5.47.